The van der Waals surface area contributed by atoms with Gasteiger partial charge >= 0.3 is 0 Å². The molecule has 4 rings (SSSR count). The molecule has 1 atom stereocenters. The fourth-order valence-electron chi connectivity index (χ4n) is 2.74. The SMILES string of the molecule is Fc1ccc(NC(c2nnc(-c3ccccc3)o2)c2ccccc2F)cc1. The second kappa shape index (κ2) is 7.37. The number of hydrogen-bond donors (Lipinski definition) is 1. The monoisotopic (exact) mass is 363 g/mol. The van der Waals surface area contributed by atoms with Crippen LogP contribution in [0.5, 0.6) is 0 Å². The van der Waals surface area contributed by atoms with E-state index < -0.39 is 11.9 Å². The van der Waals surface area contributed by atoms with Crippen LogP contribution in [0.4, 0.5) is 14.5 Å². The minimum absolute atomic E-state index is 0.211. The first-order valence-corrected chi connectivity index (χ1v) is 8.36. The van der Waals surface area contributed by atoms with Crippen LogP contribution < -0.4 is 5.32 Å². The zero-order valence-corrected chi connectivity index (χ0v) is 14.1. The maximum absolute atomic E-state index is 14.4. The van der Waals surface area contributed by atoms with E-state index in [-0.39, 0.29) is 11.7 Å². The van der Waals surface area contributed by atoms with Crippen molar-refractivity contribution in [2.24, 2.45) is 0 Å². The number of aromatic nitrogens is 2. The third-order valence-corrected chi connectivity index (χ3v) is 4.08. The van der Waals surface area contributed by atoms with Crippen LogP contribution in [0.15, 0.2) is 83.3 Å². The fourth-order valence-corrected chi connectivity index (χ4v) is 2.74. The summed E-state index contributed by atoms with van der Waals surface area (Å²) in [6.07, 6.45) is 0. The second-order valence-electron chi connectivity index (χ2n) is 5.92. The molecule has 0 fully saturated rings. The molecule has 4 aromatic rings. The molecular formula is C21H15F2N3O. The molecule has 3 aromatic carbocycles. The Morgan fingerprint density at radius 3 is 2.22 bits per heavy atom. The van der Waals surface area contributed by atoms with Crippen LogP contribution in [0.25, 0.3) is 11.5 Å². The van der Waals surface area contributed by atoms with Crippen molar-refractivity contribution < 1.29 is 13.2 Å². The predicted octanol–water partition coefficient (Wildman–Crippen LogP) is 5.22. The van der Waals surface area contributed by atoms with Crippen molar-refractivity contribution in [1.82, 2.24) is 10.2 Å². The van der Waals surface area contributed by atoms with Gasteiger partial charge in [0.05, 0.1) is 0 Å². The molecule has 0 saturated carbocycles. The lowest BCUT2D eigenvalue weighted by Gasteiger charge is -2.17. The van der Waals surface area contributed by atoms with E-state index in [1.165, 1.54) is 18.2 Å². The van der Waals surface area contributed by atoms with Gasteiger partial charge in [0, 0.05) is 16.8 Å². The van der Waals surface area contributed by atoms with Crippen molar-refractivity contribution in [3.63, 3.8) is 0 Å². The van der Waals surface area contributed by atoms with Gasteiger partial charge in [-0.2, -0.15) is 0 Å². The van der Waals surface area contributed by atoms with Gasteiger partial charge in [-0.1, -0.05) is 36.4 Å². The van der Waals surface area contributed by atoms with E-state index in [1.807, 2.05) is 30.3 Å². The van der Waals surface area contributed by atoms with E-state index in [4.69, 9.17) is 4.42 Å². The quantitative estimate of drug-likeness (QED) is 0.528. The van der Waals surface area contributed by atoms with Gasteiger partial charge in [-0.25, -0.2) is 8.78 Å². The molecule has 0 bridgehead atoms. The lowest BCUT2D eigenvalue weighted by atomic mass is 10.1. The van der Waals surface area contributed by atoms with Gasteiger partial charge in [0.25, 0.3) is 0 Å². The number of benzene rings is 3. The largest absolute Gasteiger partial charge is 0.418 e. The summed E-state index contributed by atoms with van der Waals surface area (Å²) in [6.45, 7) is 0. The highest BCUT2D eigenvalue weighted by Crippen LogP contribution is 2.29. The van der Waals surface area contributed by atoms with Crippen LogP contribution in [-0.4, -0.2) is 10.2 Å². The van der Waals surface area contributed by atoms with Gasteiger partial charge < -0.3 is 9.73 Å². The Balaban J connectivity index is 1.73. The molecule has 1 heterocycles. The molecule has 0 spiro atoms. The Bertz CT molecular complexity index is 1030. The van der Waals surface area contributed by atoms with Gasteiger partial charge in [0.1, 0.15) is 17.7 Å². The number of hydrogen-bond acceptors (Lipinski definition) is 4. The Kier molecular flexibility index (Phi) is 4.61. The molecule has 1 aromatic heterocycles. The topological polar surface area (TPSA) is 51.0 Å². The summed E-state index contributed by atoms with van der Waals surface area (Å²) < 4.78 is 33.4. The normalized spacial score (nSPS) is 11.9. The minimum Gasteiger partial charge on any atom is -0.418 e. The summed E-state index contributed by atoms with van der Waals surface area (Å²) in [7, 11) is 0. The summed E-state index contributed by atoms with van der Waals surface area (Å²) in [6, 6.07) is 20.7. The summed E-state index contributed by atoms with van der Waals surface area (Å²) >= 11 is 0. The number of halogens is 2. The molecule has 0 radical (unpaired) electrons. The van der Waals surface area contributed by atoms with Crippen LogP contribution in [0.1, 0.15) is 17.5 Å². The van der Waals surface area contributed by atoms with Crippen molar-refractivity contribution >= 4 is 5.69 Å². The van der Waals surface area contributed by atoms with Gasteiger partial charge in [-0.3, -0.25) is 0 Å². The van der Waals surface area contributed by atoms with Crippen molar-refractivity contribution in [1.29, 1.82) is 0 Å². The van der Waals surface area contributed by atoms with E-state index in [2.05, 4.69) is 15.5 Å². The maximum Gasteiger partial charge on any atom is 0.247 e. The lowest BCUT2D eigenvalue weighted by Crippen LogP contribution is -2.14. The van der Waals surface area contributed by atoms with Crippen LogP contribution in [0.2, 0.25) is 0 Å². The van der Waals surface area contributed by atoms with Crippen LogP contribution in [0, 0.1) is 11.6 Å². The predicted molar refractivity (Wildman–Crippen MR) is 98.0 cm³/mol. The Morgan fingerprint density at radius 1 is 0.778 bits per heavy atom. The highest BCUT2D eigenvalue weighted by atomic mass is 19.1. The van der Waals surface area contributed by atoms with Crippen LogP contribution >= 0.6 is 0 Å². The standard InChI is InChI=1S/C21H15F2N3O/c22-15-10-12-16(13-11-15)24-19(17-8-4-5-9-18(17)23)21-26-25-20(27-21)14-6-2-1-3-7-14/h1-13,19,24H. The van der Waals surface area contributed by atoms with Gasteiger partial charge in [-0.15, -0.1) is 10.2 Å². The van der Waals surface area contributed by atoms with Crippen LogP contribution in [0.3, 0.4) is 0 Å². The molecule has 0 aliphatic heterocycles. The van der Waals surface area contributed by atoms with Crippen molar-refractivity contribution in [3.05, 3.63) is 102 Å². The molecule has 27 heavy (non-hydrogen) atoms. The van der Waals surface area contributed by atoms with Crippen molar-refractivity contribution in [2.45, 2.75) is 6.04 Å². The highest BCUT2D eigenvalue weighted by molar-refractivity contribution is 5.52. The summed E-state index contributed by atoms with van der Waals surface area (Å²) in [5.41, 5.74) is 1.72. The van der Waals surface area contributed by atoms with E-state index in [9.17, 15) is 8.78 Å². The average molecular weight is 363 g/mol. The first-order valence-electron chi connectivity index (χ1n) is 8.36. The van der Waals surface area contributed by atoms with E-state index >= 15 is 0 Å². The van der Waals surface area contributed by atoms with Gasteiger partial charge in [-0.05, 0) is 42.5 Å². The van der Waals surface area contributed by atoms with Crippen molar-refractivity contribution in [2.75, 3.05) is 5.32 Å². The molecule has 4 nitrogen and oxygen atoms in total. The molecule has 0 aliphatic carbocycles. The molecule has 6 heteroatoms. The van der Waals surface area contributed by atoms with Crippen molar-refractivity contribution in [3.8, 4) is 11.5 Å². The summed E-state index contributed by atoms with van der Waals surface area (Å²) in [4.78, 5) is 0. The molecule has 1 unspecified atom stereocenters. The molecule has 1 N–H and O–H groups in total. The Morgan fingerprint density at radius 2 is 1.48 bits per heavy atom. The lowest BCUT2D eigenvalue weighted by molar-refractivity contribution is 0.485. The maximum atomic E-state index is 14.4. The average Bonchev–Trinajstić information content (AvgIpc) is 3.19. The molecule has 0 saturated heterocycles. The third-order valence-electron chi connectivity index (χ3n) is 4.08. The number of nitrogens with one attached hydrogen (secondary N) is 1. The number of nitrogens with zero attached hydrogens (tertiary/aromatic N) is 2. The molecule has 0 amide bonds. The molecular weight excluding hydrogens is 348 g/mol. The first kappa shape index (κ1) is 16.9. The van der Waals surface area contributed by atoms with E-state index in [0.717, 1.165) is 5.56 Å². The van der Waals surface area contributed by atoms with Crippen LogP contribution in [-0.2, 0) is 0 Å². The smallest absolute Gasteiger partial charge is 0.247 e. The van der Waals surface area contributed by atoms with Gasteiger partial charge in [0.2, 0.25) is 11.8 Å². The molecule has 134 valence electrons. The first-order chi connectivity index (χ1) is 13.2. The zero-order chi connectivity index (χ0) is 18.6. The second-order valence-corrected chi connectivity index (χ2v) is 5.92. The third kappa shape index (κ3) is 3.69. The highest BCUT2D eigenvalue weighted by Gasteiger charge is 2.24. The fraction of sp³-hybridized carbons (Fsp3) is 0.0476. The Hall–Kier alpha value is -3.54. The number of rotatable bonds is 5. The summed E-state index contributed by atoms with van der Waals surface area (Å²) in [5, 5.41) is 11.3. The van der Waals surface area contributed by atoms with Gasteiger partial charge in [0.15, 0.2) is 0 Å². The summed E-state index contributed by atoms with van der Waals surface area (Å²) in [5.74, 6) is -0.208. The zero-order valence-electron chi connectivity index (χ0n) is 14.1. The van der Waals surface area contributed by atoms with E-state index in [0.29, 0.717) is 17.1 Å². The Labute approximate surface area is 154 Å². The number of anilines is 1. The van der Waals surface area contributed by atoms with E-state index in [1.54, 1.807) is 30.3 Å². The molecule has 0 aliphatic rings. The minimum atomic E-state index is -0.721.